The SMILES string of the molecule is O=C(c1csc(-c2cn[nH]c2)c1)N1C2CC[C@@H]1CC(O)(c1ncccn1)C2. The number of rotatable bonds is 3. The minimum absolute atomic E-state index is 0.0160. The maximum Gasteiger partial charge on any atom is 0.255 e. The third-order valence-corrected chi connectivity index (χ3v) is 6.59. The zero-order valence-corrected chi connectivity index (χ0v) is 15.4. The molecule has 3 atom stereocenters. The van der Waals surface area contributed by atoms with Crippen molar-refractivity contribution >= 4 is 17.2 Å². The van der Waals surface area contributed by atoms with Gasteiger partial charge in [0.1, 0.15) is 5.60 Å². The molecule has 0 spiro atoms. The zero-order valence-electron chi connectivity index (χ0n) is 14.6. The molecule has 27 heavy (non-hydrogen) atoms. The summed E-state index contributed by atoms with van der Waals surface area (Å²) < 4.78 is 0. The number of aliphatic hydroxyl groups is 1. The lowest BCUT2D eigenvalue weighted by molar-refractivity contribution is -0.0539. The highest BCUT2D eigenvalue weighted by Crippen LogP contribution is 2.45. The van der Waals surface area contributed by atoms with E-state index < -0.39 is 5.60 Å². The first kappa shape index (κ1) is 16.6. The van der Waals surface area contributed by atoms with Crippen molar-refractivity contribution in [1.82, 2.24) is 25.1 Å². The van der Waals surface area contributed by atoms with Crippen molar-refractivity contribution in [1.29, 1.82) is 0 Å². The van der Waals surface area contributed by atoms with Crippen molar-refractivity contribution in [3.8, 4) is 10.4 Å². The fourth-order valence-corrected chi connectivity index (χ4v) is 5.28. The Morgan fingerprint density at radius 2 is 2.00 bits per heavy atom. The molecule has 0 aliphatic carbocycles. The van der Waals surface area contributed by atoms with Gasteiger partial charge in [0, 0.05) is 59.3 Å². The summed E-state index contributed by atoms with van der Waals surface area (Å²) in [5, 5.41) is 19.8. The number of nitrogens with zero attached hydrogens (tertiary/aromatic N) is 4. The van der Waals surface area contributed by atoms with Gasteiger partial charge in [-0.3, -0.25) is 9.89 Å². The van der Waals surface area contributed by atoms with Crippen LogP contribution in [0, 0.1) is 0 Å². The van der Waals surface area contributed by atoms with Gasteiger partial charge in [-0.05, 0) is 25.0 Å². The number of hydrogen-bond acceptors (Lipinski definition) is 6. The maximum atomic E-state index is 13.2. The molecular formula is C19H19N5O2S. The van der Waals surface area contributed by atoms with Crippen molar-refractivity contribution in [2.75, 3.05) is 0 Å². The second kappa shape index (κ2) is 6.24. The largest absolute Gasteiger partial charge is 0.382 e. The lowest BCUT2D eigenvalue weighted by Crippen LogP contribution is -2.52. The van der Waals surface area contributed by atoms with Crippen molar-refractivity contribution in [2.24, 2.45) is 0 Å². The second-order valence-corrected chi connectivity index (χ2v) is 8.21. The first-order chi connectivity index (χ1) is 13.1. The smallest absolute Gasteiger partial charge is 0.255 e. The van der Waals surface area contributed by atoms with Crippen molar-refractivity contribution in [3.05, 3.63) is 53.7 Å². The molecule has 8 heteroatoms. The molecule has 1 amide bonds. The van der Waals surface area contributed by atoms with Crippen molar-refractivity contribution in [3.63, 3.8) is 0 Å². The molecule has 5 heterocycles. The molecule has 7 nitrogen and oxygen atoms in total. The first-order valence-corrected chi connectivity index (χ1v) is 9.92. The number of carbonyl (C=O) groups is 1. The summed E-state index contributed by atoms with van der Waals surface area (Å²) in [5.74, 6) is 0.510. The highest BCUT2D eigenvalue weighted by Gasteiger charge is 2.51. The first-order valence-electron chi connectivity index (χ1n) is 9.04. The monoisotopic (exact) mass is 381 g/mol. The summed E-state index contributed by atoms with van der Waals surface area (Å²) in [6.45, 7) is 0. The Morgan fingerprint density at radius 3 is 2.67 bits per heavy atom. The number of amides is 1. The van der Waals surface area contributed by atoms with Gasteiger partial charge in [-0.25, -0.2) is 9.97 Å². The normalized spacial score (nSPS) is 27.1. The summed E-state index contributed by atoms with van der Waals surface area (Å²) in [6, 6.07) is 3.71. The number of H-pyrrole nitrogens is 1. The third-order valence-electron chi connectivity index (χ3n) is 5.61. The fourth-order valence-electron chi connectivity index (χ4n) is 4.41. The van der Waals surface area contributed by atoms with E-state index in [2.05, 4.69) is 20.2 Å². The van der Waals surface area contributed by atoms with Crippen LogP contribution >= 0.6 is 11.3 Å². The Morgan fingerprint density at radius 1 is 1.26 bits per heavy atom. The topological polar surface area (TPSA) is 95.0 Å². The van der Waals surface area contributed by atoms with Crippen LogP contribution in [0.15, 0.2) is 42.3 Å². The number of piperidine rings is 1. The molecule has 2 aliphatic rings. The molecule has 2 aliphatic heterocycles. The molecule has 2 unspecified atom stereocenters. The zero-order chi connectivity index (χ0) is 18.4. The van der Waals surface area contributed by atoms with Gasteiger partial charge >= 0.3 is 0 Å². The van der Waals surface area contributed by atoms with Gasteiger partial charge in [0.15, 0.2) is 5.82 Å². The molecule has 3 aromatic rings. The van der Waals surface area contributed by atoms with Crippen LogP contribution in [0.4, 0.5) is 0 Å². The van der Waals surface area contributed by atoms with Crippen LogP contribution in [0.2, 0.25) is 0 Å². The summed E-state index contributed by atoms with van der Waals surface area (Å²) in [6.07, 6.45) is 9.67. The van der Waals surface area contributed by atoms with Crippen LogP contribution < -0.4 is 0 Å². The van der Waals surface area contributed by atoms with Gasteiger partial charge in [0.2, 0.25) is 0 Å². The molecule has 0 radical (unpaired) electrons. The average molecular weight is 381 g/mol. The number of aromatic amines is 1. The lowest BCUT2D eigenvalue weighted by Gasteiger charge is -2.42. The molecule has 2 bridgehead atoms. The number of nitrogens with one attached hydrogen (secondary N) is 1. The number of hydrogen-bond donors (Lipinski definition) is 2. The van der Waals surface area contributed by atoms with Crippen molar-refractivity contribution < 1.29 is 9.90 Å². The van der Waals surface area contributed by atoms with Crippen LogP contribution in [-0.2, 0) is 5.60 Å². The summed E-state index contributed by atoms with van der Waals surface area (Å²) in [5.41, 5.74) is 0.631. The molecule has 3 aromatic heterocycles. The van der Waals surface area contributed by atoms with E-state index in [-0.39, 0.29) is 18.0 Å². The fraction of sp³-hybridized carbons (Fsp3) is 0.368. The molecule has 2 saturated heterocycles. The van der Waals surface area contributed by atoms with Crippen LogP contribution in [-0.4, -0.2) is 48.2 Å². The van der Waals surface area contributed by atoms with Crippen LogP contribution in [0.25, 0.3) is 10.4 Å². The van der Waals surface area contributed by atoms with E-state index >= 15 is 0 Å². The number of fused-ring (bicyclic) bond motifs is 2. The van der Waals surface area contributed by atoms with E-state index in [0.717, 1.165) is 23.3 Å². The van der Waals surface area contributed by atoms with Crippen LogP contribution in [0.5, 0.6) is 0 Å². The van der Waals surface area contributed by atoms with Gasteiger partial charge < -0.3 is 10.0 Å². The Bertz CT molecular complexity index is 942. The molecule has 0 aromatic carbocycles. The highest BCUT2D eigenvalue weighted by atomic mass is 32.1. The predicted molar refractivity (Wildman–Crippen MR) is 100 cm³/mol. The number of aromatic nitrogens is 4. The predicted octanol–water partition coefficient (Wildman–Crippen LogP) is 2.58. The van der Waals surface area contributed by atoms with Gasteiger partial charge in [0.25, 0.3) is 5.91 Å². The highest BCUT2D eigenvalue weighted by molar-refractivity contribution is 7.13. The van der Waals surface area contributed by atoms with Crippen LogP contribution in [0.3, 0.4) is 0 Å². The van der Waals surface area contributed by atoms with Crippen molar-refractivity contribution in [2.45, 2.75) is 43.4 Å². The Labute approximate surface area is 160 Å². The minimum atomic E-state index is -1.06. The molecule has 138 valence electrons. The summed E-state index contributed by atoms with van der Waals surface area (Å²) in [4.78, 5) is 24.7. The van der Waals surface area contributed by atoms with E-state index in [1.807, 2.05) is 22.5 Å². The lowest BCUT2D eigenvalue weighted by atomic mass is 9.85. The van der Waals surface area contributed by atoms with Gasteiger partial charge in [0.05, 0.1) is 11.8 Å². The summed E-state index contributed by atoms with van der Waals surface area (Å²) >= 11 is 1.54. The van der Waals surface area contributed by atoms with E-state index in [0.29, 0.717) is 24.2 Å². The van der Waals surface area contributed by atoms with Gasteiger partial charge in [-0.2, -0.15) is 5.10 Å². The molecule has 2 N–H and O–H groups in total. The number of carbonyl (C=O) groups excluding carboxylic acids is 1. The van der Waals surface area contributed by atoms with E-state index in [1.54, 1.807) is 36.0 Å². The Hall–Kier alpha value is -2.58. The van der Waals surface area contributed by atoms with E-state index in [1.165, 1.54) is 0 Å². The minimum Gasteiger partial charge on any atom is -0.382 e. The molecule has 0 saturated carbocycles. The Kier molecular flexibility index (Phi) is 3.84. The molecule has 5 rings (SSSR count). The Balaban J connectivity index is 1.39. The average Bonchev–Trinajstić information content (AvgIpc) is 3.41. The third kappa shape index (κ3) is 2.76. The van der Waals surface area contributed by atoms with Gasteiger partial charge in [-0.1, -0.05) is 0 Å². The molecular weight excluding hydrogens is 362 g/mol. The van der Waals surface area contributed by atoms with E-state index in [9.17, 15) is 9.90 Å². The van der Waals surface area contributed by atoms with E-state index in [4.69, 9.17) is 0 Å². The van der Waals surface area contributed by atoms with Crippen LogP contribution in [0.1, 0.15) is 41.9 Å². The van der Waals surface area contributed by atoms with Gasteiger partial charge in [-0.15, -0.1) is 11.3 Å². The second-order valence-electron chi connectivity index (χ2n) is 7.30. The standard InChI is InChI=1S/C19H19N5O2S/c25-17(12-6-16(27-11-12)13-9-22-23-10-13)24-14-2-3-15(24)8-19(26,7-14)18-20-4-1-5-21-18/h1,4-6,9-11,14-15,26H,2-3,7-8H2,(H,22,23)/t14-,15?,19?/m1/s1. The molecule has 2 fully saturated rings. The number of thiophene rings is 1. The maximum absolute atomic E-state index is 13.2. The quantitative estimate of drug-likeness (QED) is 0.727. The summed E-state index contributed by atoms with van der Waals surface area (Å²) in [7, 11) is 0.